The predicted molar refractivity (Wildman–Crippen MR) is 88.7 cm³/mol. The minimum absolute atomic E-state index is 0.191. The number of aliphatic imine (C=N–C) groups is 1. The molecule has 1 heterocycles. The number of ether oxygens (including phenoxy) is 1. The molecular weight excluding hydrogens is 266 g/mol. The molecule has 2 unspecified atom stereocenters. The number of nitrogens with two attached hydrogens (primary N) is 1. The van der Waals surface area contributed by atoms with Gasteiger partial charge in [-0.25, -0.2) is 0 Å². The van der Waals surface area contributed by atoms with Gasteiger partial charge in [0.25, 0.3) is 0 Å². The zero-order valence-electron chi connectivity index (χ0n) is 14.1. The van der Waals surface area contributed by atoms with Gasteiger partial charge in [-0.05, 0) is 19.4 Å². The Morgan fingerprint density at radius 1 is 1.24 bits per heavy atom. The highest BCUT2D eigenvalue weighted by Gasteiger charge is 2.17. The summed E-state index contributed by atoms with van der Waals surface area (Å²) < 4.78 is 5.06. The smallest absolute Gasteiger partial charge is 0.188 e. The molecule has 1 aliphatic rings. The molecule has 0 amide bonds. The maximum atomic E-state index is 5.89. The van der Waals surface area contributed by atoms with E-state index in [4.69, 9.17) is 10.5 Å². The highest BCUT2D eigenvalue weighted by molar-refractivity contribution is 5.78. The number of hydrogen-bond donors (Lipinski definition) is 2. The summed E-state index contributed by atoms with van der Waals surface area (Å²) >= 11 is 0. The fraction of sp³-hybridized carbons (Fsp3) is 0.933. The number of piperazine rings is 1. The van der Waals surface area contributed by atoms with Crippen LogP contribution in [0.2, 0.25) is 0 Å². The first-order valence-electron chi connectivity index (χ1n) is 8.05. The van der Waals surface area contributed by atoms with Gasteiger partial charge in [0.1, 0.15) is 0 Å². The number of nitrogens with zero attached hydrogens (tertiary/aromatic N) is 3. The lowest BCUT2D eigenvalue weighted by Gasteiger charge is -2.35. The highest BCUT2D eigenvalue weighted by Crippen LogP contribution is 2.05. The Kier molecular flexibility index (Phi) is 8.64. The van der Waals surface area contributed by atoms with E-state index in [-0.39, 0.29) is 6.04 Å². The van der Waals surface area contributed by atoms with Crippen LogP contribution in [0, 0.1) is 5.92 Å². The number of methoxy groups -OCH3 is 1. The average Bonchev–Trinajstić information content (AvgIpc) is 2.46. The number of likely N-dealkylation sites (N-methyl/N-ethyl adjacent to an activating group) is 1. The van der Waals surface area contributed by atoms with Gasteiger partial charge in [-0.15, -0.1) is 0 Å². The molecule has 0 radical (unpaired) electrons. The Bertz CT molecular complexity index is 302. The van der Waals surface area contributed by atoms with E-state index in [2.05, 4.69) is 34.0 Å². The first-order chi connectivity index (χ1) is 10.0. The summed E-state index contributed by atoms with van der Waals surface area (Å²) in [5.74, 6) is 1.04. The van der Waals surface area contributed by atoms with E-state index in [1.54, 1.807) is 7.11 Å². The molecule has 6 nitrogen and oxygen atoms in total. The van der Waals surface area contributed by atoms with Crippen molar-refractivity contribution in [1.29, 1.82) is 0 Å². The molecule has 0 aromatic heterocycles. The van der Waals surface area contributed by atoms with Crippen LogP contribution in [0.25, 0.3) is 0 Å². The van der Waals surface area contributed by atoms with Crippen LogP contribution in [0.1, 0.15) is 20.8 Å². The molecule has 1 saturated heterocycles. The first-order valence-corrected chi connectivity index (χ1v) is 8.05. The minimum atomic E-state index is 0.191. The second kappa shape index (κ2) is 9.97. The van der Waals surface area contributed by atoms with Crippen LogP contribution in [0.5, 0.6) is 0 Å². The molecular formula is C15H33N5O. The van der Waals surface area contributed by atoms with Crippen LogP contribution in [-0.2, 0) is 4.74 Å². The van der Waals surface area contributed by atoms with Crippen LogP contribution >= 0.6 is 0 Å². The van der Waals surface area contributed by atoms with E-state index in [0.717, 1.165) is 19.6 Å². The van der Waals surface area contributed by atoms with E-state index in [1.165, 1.54) is 26.2 Å². The monoisotopic (exact) mass is 299 g/mol. The lowest BCUT2D eigenvalue weighted by molar-refractivity contribution is 0.125. The van der Waals surface area contributed by atoms with E-state index in [0.29, 0.717) is 18.5 Å². The highest BCUT2D eigenvalue weighted by atomic mass is 16.5. The minimum Gasteiger partial charge on any atom is -0.383 e. The van der Waals surface area contributed by atoms with Crippen LogP contribution in [0.15, 0.2) is 4.99 Å². The number of rotatable bonds is 8. The predicted octanol–water partition coefficient (Wildman–Crippen LogP) is 0.199. The van der Waals surface area contributed by atoms with Crippen molar-refractivity contribution in [3.8, 4) is 0 Å². The first kappa shape index (κ1) is 18.2. The summed E-state index contributed by atoms with van der Waals surface area (Å²) in [4.78, 5) is 9.46. The average molecular weight is 299 g/mol. The van der Waals surface area contributed by atoms with E-state index >= 15 is 0 Å². The molecule has 0 aromatic rings. The van der Waals surface area contributed by atoms with E-state index in [9.17, 15) is 0 Å². The molecule has 0 spiro atoms. The van der Waals surface area contributed by atoms with Gasteiger partial charge in [-0.2, -0.15) is 0 Å². The fourth-order valence-electron chi connectivity index (χ4n) is 2.63. The summed E-state index contributed by atoms with van der Waals surface area (Å²) in [6.07, 6.45) is 0. The third kappa shape index (κ3) is 7.64. The van der Waals surface area contributed by atoms with Crippen molar-refractivity contribution < 1.29 is 4.74 Å². The second-order valence-corrected chi connectivity index (χ2v) is 6.07. The van der Waals surface area contributed by atoms with Crippen LogP contribution in [0.4, 0.5) is 0 Å². The molecule has 1 rings (SSSR count). The summed E-state index contributed by atoms with van der Waals surface area (Å²) in [6, 6.07) is 0.191. The normalized spacial score (nSPS) is 21.2. The van der Waals surface area contributed by atoms with Crippen molar-refractivity contribution in [3.63, 3.8) is 0 Å². The third-order valence-electron chi connectivity index (χ3n) is 3.87. The van der Waals surface area contributed by atoms with Crippen LogP contribution in [-0.4, -0.2) is 81.3 Å². The maximum Gasteiger partial charge on any atom is 0.188 e. The maximum absolute atomic E-state index is 5.89. The topological polar surface area (TPSA) is 66.1 Å². The molecule has 1 fully saturated rings. The molecule has 6 heteroatoms. The fourth-order valence-corrected chi connectivity index (χ4v) is 2.63. The number of hydrogen-bond acceptors (Lipinski definition) is 4. The Morgan fingerprint density at radius 3 is 2.43 bits per heavy atom. The number of guanidine groups is 1. The SMILES string of the molecule is CCN1CCN(CC(C)CN=C(N)NC(C)COC)CC1. The molecule has 124 valence electrons. The molecule has 0 bridgehead atoms. The zero-order valence-corrected chi connectivity index (χ0v) is 14.1. The van der Waals surface area contributed by atoms with Gasteiger partial charge in [-0.3, -0.25) is 4.99 Å². The standard InChI is InChI=1S/C15H33N5O/c1-5-19-6-8-20(9-7-19)11-13(2)10-17-15(16)18-14(3)12-21-4/h13-14H,5-12H2,1-4H3,(H3,16,17,18). The molecule has 2 atom stereocenters. The third-order valence-corrected chi connectivity index (χ3v) is 3.87. The van der Waals surface area contributed by atoms with Gasteiger partial charge in [0.15, 0.2) is 5.96 Å². The van der Waals surface area contributed by atoms with Crippen LogP contribution in [0.3, 0.4) is 0 Å². The van der Waals surface area contributed by atoms with Crippen molar-refractivity contribution in [2.75, 3.05) is 59.5 Å². The lowest BCUT2D eigenvalue weighted by atomic mass is 10.1. The molecule has 1 aliphatic heterocycles. The van der Waals surface area contributed by atoms with Gasteiger partial charge < -0.3 is 25.6 Å². The van der Waals surface area contributed by atoms with Crippen molar-refractivity contribution in [2.45, 2.75) is 26.8 Å². The summed E-state index contributed by atoms with van der Waals surface area (Å²) in [5.41, 5.74) is 5.89. The number of nitrogens with one attached hydrogen (secondary N) is 1. The zero-order chi connectivity index (χ0) is 15.7. The van der Waals surface area contributed by atoms with Gasteiger partial charge in [0.2, 0.25) is 0 Å². The Labute approximate surface area is 129 Å². The van der Waals surface area contributed by atoms with E-state index in [1.807, 2.05) is 6.92 Å². The van der Waals surface area contributed by atoms with Gasteiger partial charge >= 0.3 is 0 Å². The van der Waals surface area contributed by atoms with Crippen LogP contribution < -0.4 is 11.1 Å². The molecule has 0 aromatic carbocycles. The molecule has 21 heavy (non-hydrogen) atoms. The summed E-state index contributed by atoms with van der Waals surface area (Å²) in [5, 5.41) is 3.14. The second-order valence-electron chi connectivity index (χ2n) is 6.07. The Balaban J connectivity index is 2.22. The van der Waals surface area contributed by atoms with Crippen molar-refractivity contribution in [2.24, 2.45) is 16.6 Å². The summed E-state index contributed by atoms with van der Waals surface area (Å²) in [7, 11) is 1.69. The Morgan fingerprint density at radius 2 is 1.86 bits per heavy atom. The van der Waals surface area contributed by atoms with E-state index < -0.39 is 0 Å². The van der Waals surface area contributed by atoms with Gasteiger partial charge in [0.05, 0.1) is 6.61 Å². The van der Waals surface area contributed by atoms with Gasteiger partial charge in [0, 0.05) is 52.4 Å². The van der Waals surface area contributed by atoms with Crippen molar-refractivity contribution in [1.82, 2.24) is 15.1 Å². The lowest BCUT2D eigenvalue weighted by Crippen LogP contribution is -2.47. The summed E-state index contributed by atoms with van der Waals surface area (Å²) in [6.45, 7) is 14.9. The molecule has 0 saturated carbocycles. The molecule has 3 N–H and O–H groups in total. The quantitative estimate of drug-likeness (QED) is 0.495. The van der Waals surface area contributed by atoms with Crippen molar-refractivity contribution in [3.05, 3.63) is 0 Å². The Hall–Kier alpha value is -0.850. The van der Waals surface area contributed by atoms with Gasteiger partial charge in [-0.1, -0.05) is 13.8 Å². The largest absolute Gasteiger partial charge is 0.383 e. The molecule has 0 aliphatic carbocycles. The van der Waals surface area contributed by atoms with Crippen molar-refractivity contribution >= 4 is 5.96 Å².